The maximum Gasteiger partial charge on any atom is 0.0809 e. The third kappa shape index (κ3) is 1.93. The molecule has 0 unspecified atom stereocenters. The topological polar surface area (TPSA) is 28.7 Å². The van der Waals surface area contributed by atoms with E-state index < -0.39 is 0 Å². The zero-order valence-electron chi connectivity index (χ0n) is 12.8. The number of aromatic nitrogens is 2. The van der Waals surface area contributed by atoms with Gasteiger partial charge in [0.05, 0.1) is 16.7 Å². The van der Waals surface area contributed by atoms with Gasteiger partial charge in [-0.15, -0.1) is 0 Å². The molecule has 0 spiro atoms. The fourth-order valence-electron chi connectivity index (χ4n) is 3.37. The van der Waals surface area contributed by atoms with Gasteiger partial charge in [0.1, 0.15) is 0 Å². The van der Waals surface area contributed by atoms with E-state index in [1.165, 1.54) is 5.39 Å². The molecule has 3 heteroatoms. The maximum absolute atomic E-state index is 6.06. The zero-order valence-corrected chi connectivity index (χ0v) is 13.5. The van der Waals surface area contributed by atoms with Crippen LogP contribution in [0.2, 0.25) is 5.02 Å². The van der Waals surface area contributed by atoms with Gasteiger partial charge in [0, 0.05) is 32.3 Å². The Bertz CT molecular complexity index is 1200. The van der Waals surface area contributed by atoms with Gasteiger partial charge in [-0.2, -0.15) is 0 Å². The molecule has 0 saturated heterocycles. The quantitative estimate of drug-likeness (QED) is 0.390. The lowest BCUT2D eigenvalue weighted by molar-refractivity contribution is 1.42. The Balaban J connectivity index is 2.01. The Kier molecular flexibility index (Phi) is 2.88. The number of halogens is 1. The number of fused-ring (bicyclic) bond motifs is 5. The van der Waals surface area contributed by atoms with Crippen LogP contribution in [0.3, 0.4) is 0 Å². The number of pyridine rings is 1. The van der Waals surface area contributed by atoms with Crippen molar-refractivity contribution < 1.29 is 0 Å². The number of para-hydroxylation sites is 2. The van der Waals surface area contributed by atoms with E-state index >= 15 is 0 Å². The minimum atomic E-state index is 0.731. The van der Waals surface area contributed by atoms with Crippen LogP contribution in [-0.2, 0) is 0 Å². The maximum atomic E-state index is 6.06. The number of aromatic amines is 1. The molecule has 3 aromatic carbocycles. The summed E-state index contributed by atoms with van der Waals surface area (Å²) in [4.78, 5) is 8.54. The van der Waals surface area contributed by atoms with E-state index in [2.05, 4.69) is 47.4 Å². The lowest BCUT2D eigenvalue weighted by Crippen LogP contribution is -1.88. The summed E-state index contributed by atoms with van der Waals surface area (Å²) < 4.78 is 0. The number of benzene rings is 3. The molecule has 0 fully saturated rings. The summed E-state index contributed by atoms with van der Waals surface area (Å²) in [5, 5.41) is 4.22. The van der Waals surface area contributed by atoms with Crippen molar-refractivity contribution in [2.45, 2.75) is 0 Å². The van der Waals surface area contributed by atoms with Crippen molar-refractivity contribution in [2.24, 2.45) is 0 Å². The van der Waals surface area contributed by atoms with Crippen molar-refractivity contribution in [1.29, 1.82) is 0 Å². The van der Waals surface area contributed by atoms with E-state index in [1.54, 1.807) is 0 Å². The second-order valence-corrected chi connectivity index (χ2v) is 6.34. The van der Waals surface area contributed by atoms with Crippen molar-refractivity contribution in [3.63, 3.8) is 0 Å². The predicted molar refractivity (Wildman–Crippen MR) is 102 cm³/mol. The Morgan fingerprint density at radius 1 is 0.750 bits per heavy atom. The molecule has 0 amide bonds. The first-order valence-corrected chi connectivity index (χ1v) is 8.24. The number of H-pyrrole nitrogens is 1. The fourth-order valence-corrected chi connectivity index (χ4v) is 3.49. The number of hydrogen-bond donors (Lipinski definition) is 1. The first-order chi connectivity index (χ1) is 11.8. The molecule has 114 valence electrons. The Morgan fingerprint density at radius 3 is 2.29 bits per heavy atom. The third-order valence-corrected chi connectivity index (χ3v) is 4.72. The van der Waals surface area contributed by atoms with Gasteiger partial charge in [-0.05, 0) is 24.3 Å². The van der Waals surface area contributed by atoms with Gasteiger partial charge in [0.25, 0.3) is 0 Å². The van der Waals surface area contributed by atoms with E-state index in [1.807, 2.05) is 30.3 Å². The average Bonchev–Trinajstić information content (AvgIpc) is 3.02. The van der Waals surface area contributed by atoms with Gasteiger partial charge in [-0.25, -0.2) is 4.98 Å². The van der Waals surface area contributed by atoms with E-state index in [0.717, 1.165) is 43.6 Å². The number of rotatable bonds is 1. The molecule has 5 rings (SSSR count). The monoisotopic (exact) mass is 328 g/mol. The van der Waals surface area contributed by atoms with Crippen LogP contribution in [0.25, 0.3) is 44.0 Å². The van der Waals surface area contributed by atoms with E-state index in [-0.39, 0.29) is 0 Å². The minimum absolute atomic E-state index is 0.731. The molecule has 2 aromatic heterocycles. The summed E-state index contributed by atoms with van der Waals surface area (Å²) in [7, 11) is 0. The van der Waals surface area contributed by atoms with Crippen molar-refractivity contribution in [3.8, 4) is 11.3 Å². The summed E-state index contributed by atoms with van der Waals surface area (Å²) in [6.45, 7) is 0. The van der Waals surface area contributed by atoms with Crippen molar-refractivity contribution in [1.82, 2.24) is 9.97 Å². The number of nitrogens with zero attached hydrogens (tertiary/aromatic N) is 1. The van der Waals surface area contributed by atoms with E-state index in [4.69, 9.17) is 16.6 Å². The van der Waals surface area contributed by atoms with Crippen LogP contribution in [0.1, 0.15) is 0 Å². The number of hydrogen-bond acceptors (Lipinski definition) is 1. The Morgan fingerprint density at radius 2 is 1.46 bits per heavy atom. The molecule has 0 radical (unpaired) electrons. The van der Waals surface area contributed by atoms with Gasteiger partial charge < -0.3 is 4.98 Å². The zero-order chi connectivity index (χ0) is 16.1. The summed E-state index contributed by atoms with van der Waals surface area (Å²) in [5.41, 5.74) is 5.30. The fraction of sp³-hybridized carbons (Fsp3) is 0. The lowest BCUT2D eigenvalue weighted by Gasteiger charge is -2.07. The molecule has 0 aliphatic rings. The third-order valence-electron chi connectivity index (χ3n) is 4.47. The molecule has 0 saturated carbocycles. The van der Waals surface area contributed by atoms with Gasteiger partial charge in [-0.1, -0.05) is 60.1 Å². The first kappa shape index (κ1) is 13.6. The molecule has 0 aliphatic carbocycles. The minimum Gasteiger partial charge on any atom is -0.354 e. The largest absolute Gasteiger partial charge is 0.354 e. The summed E-state index contributed by atoms with van der Waals surface area (Å²) >= 11 is 6.06. The van der Waals surface area contributed by atoms with E-state index in [0.29, 0.717) is 0 Å². The van der Waals surface area contributed by atoms with Crippen LogP contribution in [0.4, 0.5) is 0 Å². The van der Waals surface area contributed by atoms with Crippen LogP contribution in [0.5, 0.6) is 0 Å². The molecule has 0 aliphatic heterocycles. The highest BCUT2D eigenvalue weighted by Crippen LogP contribution is 2.37. The van der Waals surface area contributed by atoms with Crippen LogP contribution < -0.4 is 0 Å². The average molecular weight is 329 g/mol. The normalized spacial score (nSPS) is 11.5. The smallest absolute Gasteiger partial charge is 0.0809 e. The van der Waals surface area contributed by atoms with Crippen LogP contribution >= 0.6 is 11.6 Å². The van der Waals surface area contributed by atoms with Crippen molar-refractivity contribution in [2.75, 3.05) is 0 Å². The van der Waals surface area contributed by atoms with Crippen LogP contribution in [0, 0.1) is 0 Å². The Hall–Kier alpha value is -2.84. The summed E-state index contributed by atoms with van der Waals surface area (Å²) in [6, 6.07) is 24.5. The molecule has 1 N–H and O–H groups in total. The molecular weight excluding hydrogens is 316 g/mol. The second-order valence-electron chi connectivity index (χ2n) is 5.91. The van der Waals surface area contributed by atoms with Gasteiger partial charge >= 0.3 is 0 Å². The SMILES string of the molecule is Clc1ccc(-c2nc3ccccc3c3[nH]c4ccccc4c23)cc1. The second kappa shape index (κ2) is 5.08. The molecule has 2 heterocycles. The van der Waals surface area contributed by atoms with Crippen molar-refractivity contribution >= 4 is 44.3 Å². The molecule has 0 bridgehead atoms. The highest BCUT2D eigenvalue weighted by atomic mass is 35.5. The van der Waals surface area contributed by atoms with E-state index in [9.17, 15) is 0 Å². The summed E-state index contributed by atoms with van der Waals surface area (Å²) in [5.74, 6) is 0. The van der Waals surface area contributed by atoms with Crippen molar-refractivity contribution in [3.05, 3.63) is 77.8 Å². The number of nitrogens with one attached hydrogen (secondary N) is 1. The molecular formula is C21H13ClN2. The standard InChI is InChI=1S/C21H13ClN2/c22-14-11-9-13(10-12-14)20-19-15-5-1-3-7-17(15)24-21(19)16-6-2-4-8-18(16)23-20/h1-12,24H. The summed E-state index contributed by atoms with van der Waals surface area (Å²) in [6.07, 6.45) is 0. The van der Waals surface area contributed by atoms with Gasteiger partial charge in [0.2, 0.25) is 0 Å². The first-order valence-electron chi connectivity index (χ1n) is 7.86. The molecule has 2 nitrogen and oxygen atoms in total. The van der Waals surface area contributed by atoms with Crippen LogP contribution in [-0.4, -0.2) is 9.97 Å². The highest BCUT2D eigenvalue weighted by molar-refractivity contribution is 6.30. The molecule has 24 heavy (non-hydrogen) atoms. The van der Waals surface area contributed by atoms with Gasteiger partial charge in [0.15, 0.2) is 0 Å². The Labute approximate surface area is 143 Å². The predicted octanol–water partition coefficient (Wildman–Crippen LogP) is 6.19. The van der Waals surface area contributed by atoms with Gasteiger partial charge in [-0.3, -0.25) is 0 Å². The lowest BCUT2D eigenvalue weighted by atomic mass is 10.0. The molecule has 5 aromatic rings. The molecule has 0 atom stereocenters. The van der Waals surface area contributed by atoms with Crippen LogP contribution in [0.15, 0.2) is 72.8 Å². The highest BCUT2D eigenvalue weighted by Gasteiger charge is 2.15.